The van der Waals surface area contributed by atoms with Gasteiger partial charge in [-0.15, -0.1) is 0 Å². The summed E-state index contributed by atoms with van der Waals surface area (Å²) in [5, 5.41) is 2.27. The first-order valence-electron chi connectivity index (χ1n) is 5.79. The monoisotopic (exact) mass is 224 g/mol. The van der Waals surface area contributed by atoms with Crippen LogP contribution in [-0.2, 0) is 9.59 Å². The van der Waals surface area contributed by atoms with Crippen LogP contribution in [0.3, 0.4) is 0 Å². The molecule has 88 valence electrons. The van der Waals surface area contributed by atoms with Crippen LogP contribution < -0.4 is 5.32 Å². The third kappa shape index (κ3) is 1.60. The van der Waals surface area contributed by atoms with Gasteiger partial charge in [-0.2, -0.15) is 0 Å². The number of nitrogens with zero attached hydrogens (tertiary/aromatic N) is 1. The van der Waals surface area contributed by atoms with Crippen molar-refractivity contribution >= 4 is 17.8 Å². The molecule has 0 aromatic rings. The molecule has 1 N–H and O–H groups in total. The summed E-state index contributed by atoms with van der Waals surface area (Å²) in [4.78, 5) is 36.2. The molecule has 5 nitrogen and oxygen atoms in total. The van der Waals surface area contributed by atoms with Crippen molar-refractivity contribution in [1.29, 1.82) is 0 Å². The summed E-state index contributed by atoms with van der Waals surface area (Å²) in [5.41, 5.74) is -0.889. The number of carbonyl (C=O) groups excluding carboxylic acids is 3. The first-order chi connectivity index (χ1) is 7.62. The molecule has 4 amide bonds. The lowest BCUT2D eigenvalue weighted by Crippen LogP contribution is -2.59. The molecule has 1 aliphatic heterocycles. The van der Waals surface area contributed by atoms with Gasteiger partial charge >= 0.3 is 6.03 Å². The number of hydrogen-bond acceptors (Lipinski definition) is 3. The molecule has 1 spiro atoms. The number of carbonyl (C=O) groups is 3. The van der Waals surface area contributed by atoms with Crippen molar-refractivity contribution in [1.82, 2.24) is 10.2 Å². The molecule has 0 radical (unpaired) electrons. The molecule has 16 heavy (non-hydrogen) atoms. The molecule has 2 fully saturated rings. The van der Waals surface area contributed by atoms with E-state index in [-0.39, 0.29) is 5.91 Å². The normalized spacial score (nSPS) is 22.6. The summed E-state index contributed by atoms with van der Waals surface area (Å²) in [5.74, 6) is -0.702. The van der Waals surface area contributed by atoms with E-state index in [4.69, 9.17) is 0 Å². The highest BCUT2D eigenvalue weighted by molar-refractivity contribution is 6.20. The fourth-order valence-corrected chi connectivity index (χ4v) is 2.02. The standard InChI is InChI=1S/C11H16N2O3/c1-2-3-4-7-13-9(15)11(5-6-11)8(14)12-10(13)16/h2-7H2,1H3,(H,12,14,16). The zero-order chi connectivity index (χ0) is 11.8. The molecule has 2 rings (SSSR count). The highest BCUT2D eigenvalue weighted by Gasteiger charge is 2.61. The van der Waals surface area contributed by atoms with Crippen molar-refractivity contribution in [2.75, 3.05) is 6.54 Å². The van der Waals surface area contributed by atoms with Crippen LogP contribution in [0.25, 0.3) is 0 Å². The van der Waals surface area contributed by atoms with Crippen molar-refractivity contribution in [3.63, 3.8) is 0 Å². The second-order valence-corrected chi connectivity index (χ2v) is 4.51. The van der Waals surface area contributed by atoms with Crippen LogP contribution in [-0.4, -0.2) is 29.3 Å². The Kier molecular flexibility index (Phi) is 2.69. The molecule has 1 heterocycles. The Bertz CT molecular complexity index is 347. The molecule has 0 atom stereocenters. The number of barbiturate groups is 1. The van der Waals surface area contributed by atoms with Gasteiger partial charge in [-0.1, -0.05) is 19.8 Å². The minimum absolute atomic E-state index is 0.294. The quantitative estimate of drug-likeness (QED) is 0.573. The molecular formula is C11H16N2O3. The maximum absolute atomic E-state index is 12.0. The van der Waals surface area contributed by atoms with E-state index in [0.29, 0.717) is 19.4 Å². The average Bonchev–Trinajstić information content (AvgIpc) is 3.02. The first-order valence-corrected chi connectivity index (χ1v) is 5.79. The summed E-state index contributed by atoms with van der Waals surface area (Å²) in [6.45, 7) is 2.48. The molecule has 2 aliphatic rings. The Morgan fingerprint density at radius 2 is 1.94 bits per heavy atom. The molecule has 0 unspecified atom stereocenters. The topological polar surface area (TPSA) is 66.5 Å². The number of amides is 4. The van der Waals surface area contributed by atoms with Gasteiger partial charge in [0.2, 0.25) is 11.8 Å². The number of nitrogens with one attached hydrogen (secondary N) is 1. The minimum atomic E-state index is -0.889. The highest BCUT2D eigenvalue weighted by atomic mass is 16.2. The van der Waals surface area contributed by atoms with Gasteiger partial charge in [0.25, 0.3) is 0 Å². The summed E-state index contributed by atoms with van der Waals surface area (Å²) in [7, 11) is 0. The van der Waals surface area contributed by atoms with Gasteiger partial charge in [-0.3, -0.25) is 19.8 Å². The van der Waals surface area contributed by atoms with Gasteiger partial charge < -0.3 is 0 Å². The molecule has 0 aromatic heterocycles. The maximum atomic E-state index is 12.0. The van der Waals surface area contributed by atoms with E-state index in [1.165, 1.54) is 4.90 Å². The molecular weight excluding hydrogens is 208 g/mol. The number of unbranched alkanes of at least 4 members (excludes halogenated alkanes) is 2. The Labute approximate surface area is 94.2 Å². The van der Waals surface area contributed by atoms with Gasteiger partial charge in [-0.25, -0.2) is 4.79 Å². The van der Waals surface area contributed by atoms with Crippen LogP contribution in [0.1, 0.15) is 39.0 Å². The van der Waals surface area contributed by atoms with E-state index in [9.17, 15) is 14.4 Å². The van der Waals surface area contributed by atoms with Gasteiger partial charge in [0.1, 0.15) is 5.41 Å². The lowest BCUT2D eigenvalue weighted by molar-refractivity contribution is -0.144. The second kappa shape index (κ2) is 3.88. The van der Waals surface area contributed by atoms with Crippen LogP contribution >= 0.6 is 0 Å². The van der Waals surface area contributed by atoms with Gasteiger partial charge in [0.05, 0.1) is 0 Å². The molecule has 0 aromatic carbocycles. The van der Waals surface area contributed by atoms with Crippen molar-refractivity contribution in [2.45, 2.75) is 39.0 Å². The molecule has 1 saturated heterocycles. The predicted octanol–water partition coefficient (Wildman–Crippen LogP) is 1.04. The van der Waals surface area contributed by atoms with Crippen LogP contribution in [0, 0.1) is 5.41 Å². The van der Waals surface area contributed by atoms with Crippen LogP contribution in [0.5, 0.6) is 0 Å². The van der Waals surface area contributed by atoms with Crippen molar-refractivity contribution in [3.05, 3.63) is 0 Å². The Balaban J connectivity index is 2.04. The lowest BCUT2D eigenvalue weighted by Gasteiger charge is -2.30. The van der Waals surface area contributed by atoms with E-state index in [2.05, 4.69) is 12.2 Å². The summed E-state index contributed by atoms with van der Waals surface area (Å²) < 4.78 is 0. The molecule has 0 bridgehead atoms. The summed E-state index contributed by atoms with van der Waals surface area (Å²) >= 11 is 0. The van der Waals surface area contributed by atoms with E-state index >= 15 is 0 Å². The van der Waals surface area contributed by atoms with E-state index in [1.807, 2.05) is 0 Å². The van der Waals surface area contributed by atoms with Gasteiger partial charge in [0.15, 0.2) is 0 Å². The maximum Gasteiger partial charge on any atom is 0.330 e. The van der Waals surface area contributed by atoms with Crippen LogP contribution in [0.4, 0.5) is 4.79 Å². The fourth-order valence-electron chi connectivity index (χ4n) is 2.02. The lowest BCUT2D eigenvalue weighted by atomic mass is 10.0. The Morgan fingerprint density at radius 3 is 2.50 bits per heavy atom. The van der Waals surface area contributed by atoms with Crippen LogP contribution in [0.2, 0.25) is 0 Å². The smallest absolute Gasteiger partial charge is 0.277 e. The van der Waals surface area contributed by atoms with E-state index < -0.39 is 17.4 Å². The van der Waals surface area contributed by atoms with Crippen molar-refractivity contribution in [2.24, 2.45) is 5.41 Å². The third-order valence-corrected chi connectivity index (χ3v) is 3.29. The third-order valence-electron chi connectivity index (χ3n) is 3.29. The zero-order valence-electron chi connectivity index (χ0n) is 9.41. The van der Waals surface area contributed by atoms with Crippen molar-refractivity contribution in [3.8, 4) is 0 Å². The Morgan fingerprint density at radius 1 is 1.25 bits per heavy atom. The zero-order valence-corrected chi connectivity index (χ0v) is 9.41. The minimum Gasteiger partial charge on any atom is -0.277 e. The number of hydrogen-bond donors (Lipinski definition) is 1. The highest BCUT2D eigenvalue weighted by Crippen LogP contribution is 2.48. The summed E-state index contributed by atoms with van der Waals surface area (Å²) in [6.07, 6.45) is 3.98. The number of imide groups is 2. The van der Waals surface area contributed by atoms with Crippen LogP contribution in [0.15, 0.2) is 0 Å². The van der Waals surface area contributed by atoms with Gasteiger partial charge in [0, 0.05) is 6.54 Å². The number of urea groups is 1. The number of rotatable bonds is 4. The summed E-state index contributed by atoms with van der Waals surface area (Å²) in [6, 6.07) is -0.552. The molecule has 1 aliphatic carbocycles. The SMILES string of the molecule is CCCCCN1C(=O)NC(=O)C2(CC2)C1=O. The predicted molar refractivity (Wildman–Crippen MR) is 56.4 cm³/mol. The molecule has 5 heteroatoms. The first kappa shape index (κ1) is 11.1. The van der Waals surface area contributed by atoms with E-state index in [1.54, 1.807) is 0 Å². The van der Waals surface area contributed by atoms with E-state index in [0.717, 1.165) is 19.3 Å². The van der Waals surface area contributed by atoms with Gasteiger partial charge in [-0.05, 0) is 19.3 Å². The largest absolute Gasteiger partial charge is 0.330 e. The average molecular weight is 224 g/mol. The molecule has 1 saturated carbocycles. The fraction of sp³-hybridized carbons (Fsp3) is 0.727. The van der Waals surface area contributed by atoms with Crippen molar-refractivity contribution < 1.29 is 14.4 Å². The second-order valence-electron chi connectivity index (χ2n) is 4.51. The Hall–Kier alpha value is -1.39.